The lowest BCUT2D eigenvalue weighted by atomic mass is 10.0. The monoisotopic (exact) mass is 440 g/mol. The molecule has 0 unspecified atom stereocenters. The number of benzene rings is 1. The maximum atomic E-state index is 13.4. The third-order valence-electron chi connectivity index (χ3n) is 5.20. The molecule has 9 heteroatoms. The smallest absolute Gasteiger partial charge is 0.248 e. The highest BCUT2D eigenvalue weighted by molar-refractivity contribution is 7.89. The molecular weight excluding hydrogens is 408 g/mol. The van der Waals surface area contributed by atoms with E-state index in [1.54, 1.807) is 26.1 Å². The fraction of sp³-hybridized carbons (Fsp3) is 0.571. The second-order valence-electron chi connectivity index (χ2n) is 7.65. The van der Waals surface area contributed by atoms with Gasteiger partial charge in [-0.3, -0.25) is 4.79 Å². The van der Waals surface area contributed by atoms with Gasteiger partial charge in [0.1, 0.15) is 23.4 Å². The first kappa shape index (κ1) is 24.3. The number of carbonyl (C=O) groups is 1. The Balaban J connectivity index is 2.52. The minimum absolute atomic E-state index is 0.0400. The lowest BCUT2D eigenvalue weighted by molar-refractivity contribution is -0.135. The summed E-state index contributed by atoms with van der Waals surface area (Å²) in [5.74, 6) is -0.179. The highest BCUT2D eigenvalue weighted by Gasteiger charge is 2.38. The third-order valence-corrected chi connectivity index (χ3v) is 7.22. The van der Waals surface area contributed by atoms with Crippen molar-refractivity contribution in [1.82, 2.24) is 9.21 Å². The number of allylic oxidation sites excluding steroid dienone is 1. The summed E-state index contributed by atoms with van der Waals surface area (Å²) in [4.78, 5) is 13.8. The average Bonchev–Trinajstić information content (AvgIpc) is 2.70. The van der Waals surface area contributed by atoms with Crippen molar-refractivity contribution in [3.63, 3.8) is 0 Å². The van der Waals surface area contributed by atoms with E-state index in [9.17, 15) is 18.3 Å². The Hall–Kier alpha value is -1.94. The fourth-order valence-corrected chi connectivity index (χ4v) is 5.19. The van der Waals surface area contributed by atoms with Gasteiger partial charge in [0.25, 0.3) is 0 Å². The quantitative estimate of drug-likeness (QED) is 0.692. The normalized spacial score (nSPS) is 22.6. The van der Waals surface area contributed by atoms with E-state index in [4.69, 9.17) is 9.47 Å². The molecule has 0 aromatic heterocycles. The summed E-state index contributed by atoms with van der Waals surface area (Å²) in [5.41, 5.74) is 0.809. The van der Waals surface area contributed by atoms with Gasteiger partial charge in [0.15, 0.2) is 0 Å². The van der Waals surface area contributed by atoms with E-state index in [0.29, 0.717) is 0 Å². The van der Waals surface area contributed by atoms with E-state index in [2.05, 4.69) is 0 Å². The maximum Gasteiger partial charge on any atom is 0.248 e. The van der Waals surface area contributed by atoms with E-state index in [1.807, 2.05) is 26.0 Å². The first-order valence-electron chi connectivity index (χ1n) is 9.94. The number of likely N-dealkylation sites (N-methyl/N-ethyl adjacent to an activating group) is 1. The summed E-state index contributed by atoms with van der Waals surface area (Å²) in [6.07, 6.45) is 3.27. The van der Waals surface area contributed by atoms with Crippen LogP contribution in [0.4, 0.5) is 0 Å². The SMILES string of the molecule is C/C=C/c1ccc2c(c1)O[C@@H](CN(C)C(=O)COC)[C@H](C)CN([C@@H](C)CO)S2(=O)=O. The predicted octanol–water partition coefficient (Wildman–Crippen LogP) is 1.59. The van der Waals surface area contributed by atoms with Gasteiger partial charge in [0.05, 0.1) is 13.2 Å². The maximum absolute atomic E-state index is 13.4. The number of sulfonamides is 1. The minimum atomic E-state index is -3.87. The number of amides is 1. The largest absolute Gasteiger partial charge is 0.487 e. The van der Waals surface area contributed by atoms with Crippen molar-refractivity contribution in [3.05, 3.63) is 29.8 Å². The number of hydrogen-bond acceptors (Lipinski definition) is 6. The molecule has 0 saturated carbocycles. The summed E-state index contributed by atoms with van der Waals surface area (Å²) in [6, 6.07) is 4.35. The van der Waals surface area contributed by atoms with Crippen molar-refractivity contribution in [2.75, 3.05) is 40.5 Å². The lowest BCUT2D eigenvalue weighted by Gasteiger charge is -2.37. The third kappa shape index (κ3) is 5.40. The second-order valence-corrected chi connectivity index (χ2v) is 9.51. The zero-order valence-corrected chi connectivity index (χ0v) is 19.1. The lowest BCUT2D eigenvalue weighted by Crippen LogP contribution is -2.50. The van der Waals surface area contributed by atoms with Crippen LogP contribution >= 0.6 is 0 Å². The molecular formula is C21H32N2O6S. The van der Waals surface area contributed by atoms with Crippen LogP contribution in [0, 0.1) is 5.92 Å². The van der Waals surface area contributed by atoms with Gasteiger partial charge in [-0.15, -0.1) is 0 Å². The van der Waals surface area contributed by atoms with E-state index in [0.717, 1.165) is 5.56 Å². The molecule has 8 nitrogen and oxygen atoms in total. The van der Waals surface area contributed by atoms with Crippen molar-refractivity contribution in [1.29, 1.82) is 0 Å². The van der Waals surface area contributed by atoms with Crippen molar-refractivity contribution in [2.24, 2.45) is 5.92 Å². The minimum Gasteiger partial charge on any atom is -0.487 e. The molecule has 1 amide bonds. The van der Waals surface area contributed by atoms with Gasteiger partial charge < -0.3 is 19.5 Å². The van der Waals surface area contributed by atoms with Gasteiger partial charge in [0, 0.05) is 32.7 Å². The predicted molar refractivity (Wildman–Crippen MR) is 115 cm³/mol. The van der Waals surface area contributed by atoms with Gasteiger partial charge in [-0.2, -0.15) is 4.31 Å². The van der Waals surface area contributed by atoms with Crippen LogP contribution in [0.5, 0.6) is 5.75 Å². The number of aliphatic hydroxyl groups is 1. The molecule has 0 fully saturated rings. The summed E-state index contributed by atoms with van der Waals surface area (Å²) < 4.78 is 39.1. The first-order chi connectivity index (χ1) is 14.1. The van der Waals surface area contributed by atoms with Gasteiger partial charge in [0.2, 0.25) is 15.9 Å². The molecule has 1 aliphatic heterocycles. The van der Waals surface area contributed by atoms with Gasteiger partial charge in [-0.25, -0.2) is 8.42 Å². The van der Waals surface area contributed by atoms with Crippen molar-refractivity contribution in [3.8, 4) is 5.75 Å². The molecule has 168 valence electrons. The van der Waals surface area contributed by atoms with E-state index in [-0.39, 0.29) is 48.8 Å². The highest BCUT2D eigenvalue weighted by atomic mass is 32.2. The van der Waals surface area contributed by atoms with Crippen LogP contribution in [-0.4, -0.2) is 81.2 Å². The standard InChI is InChI=1S/C21H32N2O6S/c1-6-7-17-8-9-20-18(10-17)29-19(12-22(4)21(25)14-28-5)15(2)11-23(16(3)13-24)30(20,26)27/h6-10,15-16,19,24H,11-14H2,1-5H3/b7-6+/t15-,16+,19+/m1/s1. The molecule has 3 atom stereocenters. The number of rotatable bonds is 7. The molecule has 0 bridgehead atoms. The fourth-order valence-electron chi connectivity index (χ4n) is 3.36. The van der Waals surface area contributed by atoms with Crippen LogP contribution in [0.15, 0.2) is 29.2 Å². The Morgan fingerprint density at radius 1 is 1.47 bits per heavy atom. The number of nitrogens with zero attached hydrogens (tertiary/aromatic N) is 2. The van der Waals surface area contributed by atoms with E-state index < -0.39 is 22.2 Å². The first-order valence-corrected chi connectivity index (χ1v) is 11.4. The molecule has 1 N–H and O–H groups in total. The van der Waals surface area contributed by atoms with E-state index in [1.165, 1.54) is 22.4 Å². The molecule has 1 aliphatic rings. The molecule has 0 aliphatic carbocycles. The van der Waals surface area contributed by atoms with E-state index >= 15 is 0 Å². The van der Waals surface area contributed by atoms with Crippen LogP contribution in [-0.2, 0) is 19.6 Å². The number of ether oxygens (including phenoxy) is 2. The number of fused-ring (bicyclic) bond motifs is 1. The van der Waals surface area contributed by atoms with Gasteiger partial charge >= 0.3 is 0 Å². The van der Waals surface area contributed by atoms with Crippen molar-refractivity contribution in [2.45, 2.75) is 37.8 Å². The number of aliphatic hydroxyl groups excluding tert-OH is 1. The molecule has 0 radical (unpaired) electrons. The molecule has 1 aromatic carbocycles. The Morgan fingerprint density at radius 2 is 2.17 bits per heavy atom. The van der Waals surface area contributed by atoms with Crippen molar-refractivity contribution < 1.29 is 27.8 Å². The van der Waals surface area contributed by atoms with Crippen LogP contribution in [0.2, 0.25) is 0 Å². The Kier molecular flexibility index (Phi) is 8.42. The van der Waals surface area contributed by atoms with Crippen LogP contribution in [0.1, 0.15) is 26.3 Å². The molecule has 0 saturated heterocycles. The summed E-state index contributed by atoms with van der Waals surface area (Å²) >= 11 is 0. The van der Waals surface area contributed by atoms with Gasteiger partial charge in [-0.05, 0) is 31.5 Å². The molecule has 30 heavy (non-hydrogen) atoms. The van der Waals surface area contributed by atoms with Gasteiger partial charge in [-0.1, -0.05) is 25.1 Å². The van der Waals surface area contributed by atoms with Crippen LogP contribution in [0.3, 0.4) is 0 Å². The highest BCUT2D eigenvalue weighted by Crippen LogP contribution is 2.34. The number of methoxy groups -OCH3 is 1. The average molecular weight is 441 g/mol. The Morgan fingerprint density at radius 3 is 2.77 bits per heavy atom. The Labute approximate surface area is 179 Å². The van der Waals surface area contributed by atoms with Crippen LogP contribution in [0.25, 0.3) is 6.08 Å². The molecule has 1 aromatic rings. The summed E-state index contributed by atoms with van der Waals surface area (Å²) in [6.45, 7) is 5.53. The topological polar surface area (TPSA) is 96.4 Å². The zero-order valence-electron chi connectivity index (χ0n) is 18.2. The number of carbonyl (C=O) groups excluding carboxylic acids is 1. The number of hydrogen-bond donors (Lipinski definition) is 1. The second kappa shape index (κ2) is 10.4. The molecule has 1 heterocycles. The van der Waals surface area contributed by atoms with Crippen LogP contribution < -0.4 is 4.74 Å². The molecule has 2 rings (SSSR count). The zero-order chi connectivity index (χ0) is 22.5. The molecule has 0 spiro atoms. The Bertz CT molecular complexity index is 870. The summed E-state index contributed by atoms with van der Waals surface area (Å²) in [5, 5.41) is 9.66. The van der Waals surface area contributed by atoms with Crippen molar-refractivity contribution >= 4 is 22.0 Å². The summed E-state index contributed by atoms with van der Waals surface area (Å²) in [7, 11) is -0.750.